The van der Waals surface area contributed by atoms with Crippen molar-refractivity contribution in [3.05, 3.63) is 0 Å². The Hall–Kier alpha value is -0.220. The molecule has 15 heavy (non-hydrogen) atoms. The van der Waals surface area contributed by atoms with Crippen molar-refractivity contribution < 1.29 is 4.79 Å². The summed E-state index contributed by atoms with van der Waals surface area (Å²) in [6, 6.07) is 0. The largest absolute Gasteiger partial charge is 0.349 e. The Kier molecular flexibility index (Phi) is 6.10. The molecular formula is C11H22N2OS. The summed E-state index contributed by atoms with van der Waals surface area (Å²) >= 11 is 2.06. The number of amides is 1. The van der Waals surface area contributed by atoms with Crippen molar-refractivity contribution in [2.75, 3.05) is 38.7 Å². The van der Waals surface area contributed by atoms with Gasteiger partial charge < -0.3 is 10.2 Å². The average Bonchev–Trinajstić information content (AvgIpc) is 2.25. The van der Waals surface area contributed by atoms with Crippen molar-refractivity contribution >= 4 is 17.7 Å². The molecule has 1 rings (SSSR count). The van der Waals surface area contributed by atoms with E-state index >= 15 is 0 Å². The maximum atomic E-state index is 11.3. The van der Waals surface area contributed by atoms with Gasteiger partial charge in [-0.1, -0.05) is 0 Å². The minimum Gasteiger partial charge on any atom is -0.349 e. The van der Waals surface area contributed by atoms with E-state index in [0.717, 1.165) is 19.0 Å². The lowest BCUT2D eigenvalue weighted by atomic mass is 10.0. The highest BCUT2D eigenvalue weighted by atomic mass is 32.2. The fourth-order valence-corrected chi connectivity index (χ4v) is 2.88. The van der Waals surface area contributed by atoms with E-state index in [1.54, 1.807) is 19.0 Å². The van der Waals surface area contributed by atoms with Crippen LogP contribution in [0.3, 0.4) is 0 Å². The zero-order valence-electron chi connectivity index (χ0n) is 9.79. The second-order valence-corrected chi connectivity index (χ2v) is 5.52. The first kappa shape index (κ1) is 12.8. The lowest BCUT2D eigenvalue weighted by Gasteiger charge is -2.21. The van der Waals surface area contributed by atoms with E-state index in [1.165, 1.54) is 24.3 Å². The molecule has 0 spiro atoms. The monoisotopic (exact) mass is 230 g/mol. The Morgan fingerprint density at radius 1 is 1.40 bits per heavy atom. The number of carbonyl (C=O) groups excluding carboxylic acids is 1. The van der Waals surface area contributed by atoms with Crippen LogP contribution < -0.4 is 5.32 Å². The molecule has 1 aliphatic rings. The number of hydrogen-bond donors (Lipinski definition) is 1. The summed E-state index contributed by atoms with van der Waals surface area (Å²) < 4.78 is 0. The number of nitrogens with one attached hydrogen (secondary N) is 1. The van der Waals surface area contributed by atoms with Gasteiger partial charge in [0.1, 0.15) is 0 Å². The van der Waals surface area contributed by atoms with Crippen LogP contribution in [0.2, 0.25) is 0 Å². The van der Waals surface area contributed by atoms with Gasteiger partial charge in [-0.25, -0.2) is 0 Å². The third-order valence-electron chi connectivity index (χ3n) is 2.79. The maximum absolute atomic E-state index is 11.3. The molecule has 1 heterocycles. The van der Waals surface area contributed by atoms with E-state index in [2.05, 4.69) is 17.1 Å². The summed E-state index contributed by atoms with van der Waals surface area (Å²) in [6.07, 6.45) is 3.28. The molecule has 1 amide bonds. The van der Waals surface area contributed by atoms with Crippen LogP contribution in [0.4, 0.5) is 0 Å². The molecule has 0 unspecified atom stereocenters. The van der Waals surface area contributed by atoms with E-state index < -0.39 is 0 Å². The minimum atomic E-state index is 0.210. The van der Waals surface area contributed by atoms with E-state index in [1.807, 2.05) is 0 Å². The summed E-state index contributed by atoms with van der Waals surface area (Å²) in [5.74, 6) is 3.66. The number of rotatable bonds is 5. The van der Waals surface area contributed by atoms with Crippen molar-refractivity contribution in [1.82, 2.24) is 10.2 Å². The average molecular weight is 230 g/mol. The molecule has 0 aliphatic carbocycles. The molecule has 0 aromatic carbocycles. The second-order valence-electron chi connectivity index (χ2n) is 4.30. The molecule has 1 fully saturated rings. The molecule has 88 valence electrons. The SMILES string of the molecule is CN(C)C(=O)CCNCC1CCSCC1. The van der Waals surface area contributed by atoms with E-state index in [-0.39, 0.29) is 5.91 Å². The van der Waals surface area contributed by atoms with Crippen molar-refractivity contribution in [2.45, 2.75) is 19.3 Å². The van der Waals surface area contributed by atoms with Crippen LogP contribution in [0.5, 0.6) is 0 Å². The van der Waals surface area contributed by atoms with Crippen molar-refractivity contribution in [1.29, 1.82) is 0 Å². The Bertz CT molecular complexity index is 191. The first-order chi connectivity index (χ1) is 7.20. The van der Waals surface area contributed by atoms with Gasteiger partial charge in [-0.3, -0.25) is 4.79 Å². The Balaban J connectivity index is 1.98. The van der Waals surface area contributed by atoms with Crippen LogP contribution in [-0.2, 0) is 4.79 Å². The van der Waals surface area contributed by atoms with Gasteiger partial charge in [-0.2, -0.15) is 11.8 Å². The summed E-state index contributed by atoms with van der Waals surface area (Å²) in [4.78, 5) is 12.9. The maximum Gasteiger partial charge on any atom is 0.223 e. The first-order valence-corrected chi connectivity index (χ1v) is 6.84. The molecule has 0 aromatic heterocycles. The van der Waals surface area contributed by atoms with Gasteiger partial charge >= 0.3 is 0 Å². The molecule has 3 nitrogen and oxygen atoms in total. The highest BCUT2D eigenvalue weighted by molar-refractivity contribution is 7.99. The van der Waals surface area contributed by atoms with Crippen LogP contribution >= 0.6 is 11.8 Å². The fraction of sp³-hybridized carbons (Fsp3) is 0.909. The van der Waals surface area contributed by atoms with Crippen LogP contribution in [0.1, 0.15) is 19.3 Å². The molecular weight excluding hydrogens is 208 g/mol. The number of hydrogen-bond acceptors (Lipinski definition) is 3. The lowest BCUT2D eigenvalue weighted by molar-refractivity contribution is -0.128. The van der Waals surface area contributed by atoms with Crippen molar-refractivity contribution in [2.24, 2.45) is 5.92 Å². The molecule has 0 bridgehead atoms. The molecule has 0 saturated carbocycles. The van der Waals surface area contributed by atoms with Gasteiger partial charge in [-0.05, 0) is 36.8 Å². The molecule has 0 radical (unpaired) electrons. The van der Waals surface area contributed by atoms with Gasteiger partial charge in [0.25, 0.3) is 0 Å². The molecule has 4 heteroatoms. The van der Waals surface area contributed by atoms with Crippen LogP contribution in [0, 0.1) is 5.92 Å². The van der Waals surface area contributed by atoms with Crippen LogP contribution in [0.25, 0.3) is 0 Å². The number of thioether (sulfide) groups is 1. The molecule has 1 N–H and O–H groups in total. The van der Waals surface area contributed by atoms with Gasteiger partial charge in [0.05, 0.1) is 0 Å². The smallest absolute Gasteiger partial charge is 0.223 e. The van der Waals surface area contributed by atoms with E-state index in [4.69, 9.17) is 0 Å². The Morgan fingerprint density at radius 2 is 2.07 bits per heavy atom. The minimum absolute atomic E-state index is 0.210. The van der Waals surface area contributed by atoms with Crippen molar-refractivity contribution in [3.8, 4) is 0 Å². The normalized spacial score (nSPS) is 17.7. The quantitative estimate of drug-likeness (QED) is 0.720. The Morgan fingerprint density at radius 3 is 2.67 bits per heavy atom. The van der Waals surface area contributed by atoms with E-state index in [0.29, 0.717) is 6.42 Å². The van der Waals surface area contributed by atoms with Gasteiger partial charge in [-0.15, -0.1) is 0 Å². The van der Waals surface area contributed by atoms with Crippen LogP contribution in [0.15, 0.2) is 0 Å². The van der Waals surface area contributed by atoms with Crippen LogP contribution in [-0.4, -0.2) is 49.5 Å². The topological polar surface area (TPSA) is 32.3 Å². The third-order valence-corrected chi connectivity index (χ3v) is 3.84. The standard InChI is InChI=1S/C11H22N2OS/c1-13(2)11(14)3-6-12-9-10-4-7-15-8-5-10/h10,12H,3-9H2,1-2H3. The molecule has 0 atom stereocenters. The first-order valence-electron chi connectivity index (χ1n) is 5.68. The third kappa shape index (κ3) is 5.42. The molecule has 1 saturated heterocycles. The summed E-state index contributed by atoms with van der Waals surface area (Å²) in [7, 11) is 3.61. The summed E-state index contributed by atoms with van der Waals surface area (Å²) in [6.45, 7) is 1.90. The number of nitrogens with zero attached hydrogens (tertiary/aromatic N) is 1. The van der Waals surface area contributed by atoms with Gasteiger partial charge in [0.2, 0.25) is 5.91 Å². The summed E-state index contributed by atoms with van der Waals surface area (Å²) in [5, 5.41) is 3.38. The fourth-order valence-electron chi connectivity index (χ4n) is 1.68. The number of carbonyl (C=O) groups is 1. The predicted molar refractivity (Wildman–Crippen MR) is 66.2 cm³/mol. The highest BCUT2D eigenvalue weighted by Crippen LogP contribution is 2.21. The molecule has 0 aromatic rings. The lowest BCUT2D eigenvalue weighted by Crippen LogP contribution is -2.30. The summed E-state index contributed by atoms with van der Waals surface area (Å²) in [5.41, 5.74) is 0. The second kappa shape index (κ2) is 7.12. The highest BCUT2D eigenvalue weighted by Gasteiger charge is 2.13. The van der Waals surface area contributed by atoms with E-state index in [9.17, 15) is 4.79 Å². The van der Waals surface area contributed by atoms with Crippen molar-refractivity contribution in [3.63, 3.8) is 0 Å². The zero-order chi connectivity index (χ0) is 11.1. The van der Waals surface area contributed by atoms with Gasteiger partial charge in [0.15, 0.2) is 0 Å². The Labute approximate surface area is 97.0 Å². The predicted octanol–water partition coefficient (Wildman–Crippen LogP) is 1.20. The molecule has 1 aliphatic heterocycles. The van der Waals surface area contributed by atoms with Gasteiger partial charge in [0, 0.05) is 27.1 Å². The zero-order valence-corrected chi connectivity index (χ0v) is 10.6.